The van der Waals surface area contributed by atoms with Gasteiger partial charge in [0.15, 0.2) is 6.04 Å². The van der Waals surface area contributed by atoms with E-state index < -0.39 is 6.03 Å². The molecule has 1 aromatic carbocycles. The Morgan fingerprint density at radius 2 is 1.94 bits per heavy atom. The first kappa shape index (κ1) is 12.6. The number of quaternary nitrogens is 1. The third-order valence-corrected chi connectivity index (χ3v) is 2.99. The van der Waals surface area contributed by atoms with Gasteiger partial charge in [0.25, 0.3) is 5.91 Å². The zero-order valence-corrected chi connectivity index (χ0v) is 10.3. The van der Waals surface area contributed by atoms with Crippen LogP contribution in [0.1, 0.15) is 24.4 Å². The summed E-state index contributed by atoms with van der Waals surface area (Å²) in [5.41, 5.74) is 0.922. The summed E-state index contributed by atoms with van der Waals surface area (Å²) in [5.74, 6) is -0.271. The maximum atomic E-state index is 12.1. The lowest BCUT2D eigenvalue weighted by Crippen LogP contribution is -2.89. The molecule has 1 aliphatic rings. The lowest BCUT2D eigenvalue weighted by molar-refractivity contribution is -0.695. The molecule has 5 heteroatoms. The molecule has 1 aromatic rings. The second-order valence-electron chi connectivity index (χ2n) is 4.49. The Bertz CT molecular complexity index is 429. The van der Waals surface area contributed by atoms with Crippen molar-refractivity contribution in [2.75, 3.05) is 7.05 Å². The highest BCUT2D eigenvalue weighted by Gasteiger charge is 2.34. The van der Waals surface area contributed by atoms with Crippen LogP contribution in [0.2, 0.25) is 0 Å². The van der Waals surface area contributed by atoms with Crippen molar-refractivity contribution in [2.24, 2.45) is 0 Å². The number of rotatable bonds is 4. The van der Waals surface area contributed by atoms with Crippen LogP contribution in [0, 0.1) is 0 Å². The van der Waals surface area contributed by atoms with Crippen LogP contribution in [0.25, 0.3) is 0 Å². The molecule has 1 fully saturated rings. The van der Waals surface area contributed by atoms with Crippen molar-refractivity contribution in [1.29, 1.82) is 0 Å². The minimum atomic E-state index is -0.467. The largest absolute Gasteiger partial charge is 0.341 e. The van der Waals surface area contributed by atoms with Crippen LogP contribution in [-0.4, -0.2) is 25.0 Å². The molecule has 0 aromatic heterocycles. The number of amides is 3. The Labute approximate surface area is 106 Å². The first-order valence-corrected chi connectivity index (χ1v) is 6.13. The zero-order chi connectivity index (χ0) is 13.0. The highest BCUT2D eigenvalue weighted by molar-refractivity contribution is 5.96. The third kappa shape index (κ3) is 3.30. The molecule has 4 N–H and O–H groups in total. The first-order chi connectivity index (χ1) is 8.70. The van der Waals surface area contributed by atoms with E-state index in [2.05, 4.69) is 10.6 Å². The van der Waals surface area contributed by atoms with Gasteiger partial charge in [-0.3, -0.25) is 10.1 Å². The van der Waals surface area contributed by atoms with E-state index in [1.807, 2.05) is 35.6 Å². The molecule has 1 atom stereocenters. The minimum absolute atomic E-state index is 0.271. The summed E-state index contributed by atoms with van der Waals surface area (Å²) in [4.78, 5) is 23.3. The van der Waals surface area contributed by atoms with E-state index in [1.54, 1.807) is 0 Å². The summed E-state index contributed by atoms with van der Waals surface area (Å²) in [7, 11) is 1.49. The van der Waals surface area contributed by atoms with Crippen LogP contribution in [0.3, 0.4) is 0 Å². The van der Waals surface area contributed by atoms with Crippen molar-refractivity contribution in [3.8, 4) is 0 Å². The molecule has 96 valence electrons. The third-order valence-electron chi connectivity index (χ3n) is 2.99. The molecule has 1 saturated carbocycles. The van der Waals surface area contributed by atoms with Gasteiger partial charge in [-0.2, -0.15) is 0 Å². The van der Waals surface area contributed by atoms with Gasteiger partial charge in [0, 0.05) is 25.5 Å². The predicted molar refractivity (Wildman–Crippen MR) is 66.7 cm³/mol. The molecule has 3 amide bonds. The summed E-state index contributed by atoms with van der Waals surface area (Å²) in [6, 6.07) is 9.22. The molecular formula is C13H18N3O2+. The second-order valence-corrected chi connectivity index (χ2v) is 4.49. The van der Waals surface area contributed by atoms with Gasteiger partial charge in [0.2, 0.25) is 0 Å². The maximum absolute atomic E-state index is 12.1. The van der Waals surface area contributed by atoms with Gasteiger partial charge < -0.3 is 10.6 Å². The Hall–Kier alpha value is -1.88. The highest BCUT2D eigenvalue weighted by atomic mass is 16.2. The van der Waals surface area contributed by atoms with E-state index in [0.717, 1.165) is 18.4 Å². The summed E-state index contributed by atoms with van der Waals surface area (Å²) in [6.07, 6.45) is 2.27. The van der Waals surface area contributed by atoms with Gasteiger partial charge in [0.05, 0.1) is 6.04 Å². The number of hydrogen-bond acceptors (Lipinski definition) is 2. The fraction of sp³-hybridized carbons (Fsp3) is 0.385. The number of benzene rings is 1. The lowest BCUT2D eigenvalue weighted by atomic mass is 10.1. The van der Waals surface area contributed by atoms with Crippen LogP contribution < -0.4 is 16.0 Å². The number of carbonyl (C=O) groups excluding carboxylic acids is 2. The molecule has 1 aliphatic carbocycles. The lowest BCUT2D eigenvalue weighted by Gasteiger charge is -2.14. The van der Waals surface area contributed by atoms with Gasteiger partial charge in [-0.05, 0) is 0 Å². The van der Waals surface area contributed by atoms with Crippen LogP contribution >= 0.6 is 0 Å². The van der Waals surface area contributed by atoms with Crippen molar-refractivity contribution >= 4 is 11.9 Å². The summed E-state index contributed by atoms with van der Waals surface area (Å²) < 4.78 is 0. The van der Waals surface area contributed by atoms with E-state index in [4.69, 9.17) is 0 Å². The number of hydrogen-bond donors (Lipinski definition) is 3. The van der Waals surface area contributed by atoms with Gasteiger partial charge in [0.1, 0.15) is 0 Å². The summed E-state index contributed by atoms with van der Waals surface area (Å²) >= 11 is 0. The molecule has 0 bridgehead atoms. The van der Waals surface area contributed by atoms with Crippen LogP contribution in [-0.2, 0) is 4.79 Å². The summed E-state index contributed by atoms with van der Waals surface area (Å²) in [6.45, 7) is 0. The van der Waals surface area contributed by atoms with Crippen LogP contribution in [0.4, 0.5) is 4.79 Å². The molecule has 0 spiro atoms. The zero-order valence-electron chi connectivity index (χ0n) is 10.3. The normalized spacial score (nSPS) is 15.8. The topological polar surface area (TPSA) is 74.8 Å². The van der Waals surface area contributed by atoms with Crippen molar-refractivity contribution in [3.05, 3.63) is 35.9 Å². The Morgan fingerprint density at radius 3 is 2.50 bits per heavy atom. The van der Waals surface area contributed by atoms with E-state index in [1.165, 1.54) is 7.05 Å². The standard InChI is InChI=1S/C13H17N3O2/c1-14-13(18)16-12(17)11(15-10-7-8-10)9-5-3-2-4-6-9/h2-6,10-11,15H,7-8H2,1H3,(H2,14,16,17,18)/p+1/t11-/m0/s1. The van der Waals surface area contributed by atoms with Gasteiger partial charge in [-0.15, -0.1) is 0 Å². The second kappa shape index (κ2) is 5.64. The molecule has 18 heavy (non-hydrogen) atoms. The molecule has 0 saturated heterocycles. The molecule has 5 nitrogen and oxygen atoms in total. The van der Waals surface area contributed by atoms with Gasteiger partial charge in [-0.25, -0.2) is 4.79 Å². The highest BCUT2D eigenvalue weighted by Crippen LogP contribution is 2.17. The van der Waals surface area contributed by atoms with E-state index >= 15 is 0 Å². The number of nitrogens with one attached hydrogen (secondary N) is 2. The van der Waals surface area contributed by atoms with Crippen molar-refractivity contribution < 1.29 is 14.9 Å². The average Bonchev–Trinajstić information content (AvgIpc) is 3.20. The monoisotopic (exact) mass is 248 g/mol. The first-order valence-electron chi connectivity index (χ1n) is 6.13. The van der Waals surface area contributed by atoms with E-state index in [-0.39, 0.29) is 11.9 Å². The van der Waals surface area contributed by atoms with Crippen molar-refractivity contribution in [3.63, 3.8) is 0 Å². The van der Waals surface area contributed by atoms with E-state index in [9.17, 15) is 9.59 Å². The molecular weight excluding hydrogens is 230 g/mol. The van der Waals surface area contributed by atoms with Gasteiger partial charge in [-0.1, -0.05) is 30.3 Å². The minimum Gasteiger partial charge on any atom is -0.341 e. The molecule has 0 radical (unpaired) electrons. The fourth-order valence-electron chi connectivity index (χ4n) is 1.82. The van der Waals surface area contributed by atoms with Crippen molar-refractivity contribution in [1.82, 2.24) is 10.6 Å². The van der Waals surface area contributed by atoms with E-state index in [0.29, 0.717) is 6.04 Å². The molecule has 0 unspecified atom stereocenters. The Kier molecular flexibility index (Phi) is 3.94. The van der Waals surface area contributed by atoms with Gasteiger partial charge >= 0.3 is 6.03 Å². The number of imide groups is 1. The summed E-state index contributed by atoms with van der Waals surface area (Å²) in [5, 5.41) is 6.76. The Morgan fingerprint density at radius 1 is 1.28 bits per heavy atom. The SMILES string of the molecule is CNC(=O)NC(=O)[C@@H]([NH2+]C1CC1)c1ccccc1. The number of carbonyl (C=O) groups is 2. The quantitative estimate of drug-likeness (QED) is 0.696. The molecule has 0 heterocycles. The maximum Gasteiger partial charge on any atom is 0.321 e. The van der Waals surface area contributed by atoms with Crippen LogP contribution in [0.5, 0.6) is 0 Å². The molecule has 2 rings (SSSR count). The Balaban J connectivity index is 2.09. The fourth-order valence-corrected chi connectivity index (χ4v) is 1.82. The van der Waals surface area contributed by atoms with Crippen molar-refractivity contribution in [2.45, 2.75) is 24.9 Å². The smallest absolute Gasteiger partial charge is 0.321 e. The number of nitrogens with two attached hydrogens (primary N) is 1. The molecule has 0 aliphatic heterocycles. The number of urea groups is 1. The average molecular weight is 248 g/mol. The van der Waals surface area contributed by atoms with Crippen LogP contribution in [0.15, 0.2) is 30.3 Å². The predicted octanol–water partition coefficient (Wildman–Crippen LogP) is -0.0909.